The van der Waals surface area contributed by atoms with Gasteiger partial charge < -0.3 is 9.73 Å². The second-order valence-electron chi connectivity index (χ2n) is 6.90. The lowest BCUT2D eigenvalue weighted by Crippen LogP contribution is -2.10. The molecular weight excluding hydrogens is 444 g/mol. The summed E-state index contributed by atoms with van der Waals surface area (Å²) in [5.74, 6) is 0.242. The van der Waals surface area contributed by atoms with Crippen LogP contribution in [-0.2, 0) is 4.79 Å². The van der Waals surface area contributed by atoms with Crippen LogP contribution in [0.1, 0.15) is 17.5 Å². The van der Waals surface area contributed by atoms with E-state index in [0.717, 1.165) is 26.5 Å². The third-order valence-corrected chi connectivity index (χ3v) is 6.37. The number of thiazole rings is 2. The van der Waals surface area contributed by atoms with Crippen LogP contribution in [0.5, 0.6) is 0 Å². The Labute approximate surface area is 190 Å². The number of rotatable bonds is 5. The van der Waals surface area contributed by atoms with Crippen molar-refractivity contribution in [1.29, 1.82) is 0 Å². The fraction of sp³-hybridized carbons (Fsp3) is 0.0435. The third-order valence-electron chi connectivity index (χ3n) is 4.56. The Hall–Kier alpha value is -3.82. The molecule has 0 radical (unpaired) electrons. The predicted octanol–water partition coefficient (Wildman–Crippen LogP) is 5.89. The highest BCUT2D eigenvalue weighted by atomic mass is 32.1. The van der Waals surface area contributed by atoms with Crippen LogP contribution in [0.4, 0.5) is 10.8 Å². The first-order valence-electron chi connectivity index (χ1n) is 9.66. The number of hydrogen-bond acceptors (Lipinski definition) is 7. The van der Waals surface area contributed by atoms with Gasteiger partial charge in [-0.2, -0.15) is 0 Å². The van der Waals surface area contributed by atoms with Gasteiger partial charge in [-0.05, 0) is 36.4 Å². The van der Waals surface area contributed by atoms with E-state index in [4.69, 9.17) is 4.42 Å². The maximum Gasteiger partial charge on any atom is 0.293 e. The summed E-state index contributed by atoms with van der Waals surface area (Å²) < 4.78 is 6.81. The van der Waals surface area contributed by atoms with Crippen LogP contribution in [0.3, 0.4) is 0 Å². The number of hydrogen-bond donors (Lipinski definition) is 2. The summed E-state index contributed by atoms with van der Waals surface area (Å²) in [5.41, 5.74) is 3.23. The highest BCUT2D eigenvalue weighted by Gasteiger charge is 2.16. The van der Waals surface area contributed by atoms with Crippen molar-refractivity contribution in [1.82, 2.24) is 9.97 Å². The van der Waals surface area contributed by atoms with Crippen LogP contribution < -0.4 is 10.6 Å². The minimum Gasteiger partial charge on any atom is -0.448 e. The van der Waals surface area contributed by atoms with Crippen molar-refractivity contribution in [2.24, 2.45) is 0 Å². The Balaban J connectivity index is 1.29. The first-order chi connectivity index (χ1) is 15.5. The van der Waals surface area contributed by atoms with Gasteiger partial charge in [-0.15, -0.1) is 22.7 Å². The molecule has 158 valence electrons. The van der Waals surface area contributed by atoms with Crippen molar-refractivity contribution < 1.29 is 14.0 Å². The maximum atomic E-state index is 12.6. The lowest BCUT2D eigenvalue weighted by molar-refractivity contribution is -0.114. The van der Waals surface area contributed by atoms with Gasteiger partial charge in [-0.1, -0.05) is 24.3 Å². The molecule has 0 aliphatic carbocycles. The van der Waals surface area contributed by atoms with E-state index in [1.165, 1.54) is 29.6 Å². The SMILES string of the molecule is CC(=O)Nc1ccc(-c2csc(NC(=O)c3ccc(-c4nc5ccccc5s4)o3)n2)cc1. The molecule has 2 aromatic carbocycles. The summed E-state index contributed by atoms with van der Waals surface area (Å²) in [6.45, 7) is 1.46. The highest BCUT2D eigenvalue weighted by molar-refractivity contribution is 7.21. The maximum absolute atomic E-state index is 12.6. The van der Waals surface area contributed by atoms with Gasteiger partial charge in [0.2, 0.25) is 5.91 Å². The summed E-state index contributed by atoms with van der Waals surface area (Å²) in [5, 5.41) is 8.56. The van der Waals surface area contributed by atoms with Crippen LogP contribution in [0.25, 0.3) is 32.2 Å². The van der Waals surface area contributed by atoms with Gasteiger partial charge in [0, 0.05) is 23.6 Å². The van der Waals surface area contributed by atoms with E-state index in [-0.39, 0.29) is 17.6 Å². The molecular formula is C23H16N4O3S2. The monoisotopic (exact) mass is 460 g/mol. The Bertz CT molecular complexity index is 1400. The number of benzene rings is 2. The molecule has 0 saturated heterocycles. The average Bonchev–Trinajstić information content (AvgIpc) is 3.52. The zero-order valence-corrected chi connectivity index (χ0v) is 18.4. The van der Waals surface area contributed by atoms with Crippen molar-refractivity contribution in [2.75, 3.05) is 10.6 Å². The molecule has 0 atom stereocenters. The van der Waals surface area contributed by atoms with Crippen molar-refractivity contribution in [3.8, 4) is 22.0 Å². The first-order valence-corrected chi connectivity index (χ1v) is 11.4. The molecule has 0 aliphatic rings. The summed E-state index contributed by atoms with van der Waals surface area (Å²) in [6.07, 6.45) is 0. The lowest BCUT2D eigenvalue weighted by atomic mass is 10.1. The minimum absolute atomic E-state index is 0.124. The van der Waals surface area contributed by atoms with Crippen molar-refractivity contribution in [3.05, 3.63) is 71.8 Å². The number of anilines is 2. The normalized spacial score (nSPS) is 10.9. The standard InChI is InChI=1S/C23H16N4O3S2/c1-13(28)24-15-8-6-14(7-9-15)17-12-31-23(26-17)27-21(29)18-10-11-19(30-18)22-25-16-4-2-3-5-20(16)32-22/h2-12H,1H3,(H,24,28)(H,26,27,29). The van der Waals surface area contributed by atoms with Gasteiger partial charge >= 0.3 is 0 Å². The zero-order valence-electron chi connectivity index (χ0n) is 16.8. The Morgan fingerprint density at radius 1 is 0.938 bits per heavy atom. The van der Waals surface area contributed by atoms with Gasteiger partial charge in [0.05, 0.1) is 15.9 Å². The van der Waals surface area contributed by atoms with E-state index in [1.54, 1.807) is 24.3 Å². The van der Waals surface area contributed by atoms with Crippen LogP contribution in [0.15, 0.2) is 70.5 Å². The third kappa shape index (κ3) is 4.16. The number of nitrogens with one attached hydrogen (secondary N) is 2. The number of amides is 2. The van der Waals surface area contributed by atoms with Crippen LogP contribution in [0.2, 0.25) is 0 Å². The predicted molar refractivity (Wildman–Crippen MR) is 127 cm³/mol. The molecule has 0 bridgehead atoms. The number of carbonyl (C=O) groups excluding carboxylic acids is 2. The van der Waals surface area contributed by atoms with Gasteiger partial charge in [0.15, 0.2) is 21.7 Å². The van der Waals surface area contributed by atoms with E-state index in [1.807, 2.05) is 41.8 Å². The van der Waals surface area contributed by atoms with Crippen LogP contribution in [0, 0.1) is 0 Å². The average molecular weight is 461 g/mol. The number of furan rings is 1. The van der Waals surface area contributed by atoms with E-state index in [2.05, 4.69) is 20.6 Å². The fourth-order valence-electron chi connectivity index (χ4n) is 3.10. The Morgan fingerprint density at radius 3 is 2.53 bits per heavy atom. The number of carbonyl (C=O) groups is 2. The molecule has 9 heteroatoms. The molecule has 2 N–H and O–H groups in total. The summed E-state index contributed by atoms with van der Waals surface area (Å²) in [6, 6.07) is 18.6. The molecule has 0 saturated carbocycles. The largest absolute Gasteiger partial charge is 0.448 e. The topological polar surface area (TPSA) is 97.1 Å². The molecule has 3 aromatic heterocycles. The molecule has 5 aromatic rings. The number of para-hydroxylation sites is 1. The Morgan fingerprint density at radius 2 is 1.75 bits per heavy atom. The summed E-state index contributed by atoms with van der Waals surface area (Å²) in [4.78, 5) is 32.8. The van der Waals surface area contributed by atoms with Gasteiger partial charge in [-0.25, -0.2) is 9.97 Å². The fourth-order valence-corrected chi connectivity index (χ4v) is 4.74. The zero-order chi connectivity index (χ0) is 22.1. The second kappa shape index (κ2) is 8.37. The second-order valence-corrected chi connectivity index (χ2v) is 8.79. The van der Waals surface area contributed by atoms with Crippen molar-refractivity contribution in [2.45, 2.75) is 6.92 Å². The van der Waals surface area contributed by atoms with Gasteiger partial charge in [0.1, 0.15) is 0 Å². The Kier molecular flexibility index (Phi) is 5.26. The highest BCUT2D eigenvalue weighted by Crippen LogP contribution is 2.31. The van der Waals surface area contributed by atoms with Gasteiger partial charge in [0.25, 0.3) is 5.91 Å². The summed E-state index contributed by atoms with van der Waals surface area (Å²) in [7, 11) is 0. The summed E-state index contributed by atoms with van der Waals surface area (Å²) >= 11 is 2.84. The van der Waals surface area contributed by atoms with Crippen molar-refractivity contribution in [3.63, 3.8) is 0 Å². The van der Waals surface area contributed by atoms with Crippen molar-refractivity contribution >= 4 is 55.5 Å². The quantitative estimate of drug-likeness (QED) is 0.341. The molecule has 7 nitrogen and oxygen atoms in total. The van der Waals surface area contributed by atoms with Crippen LogP contribution in [-0.4, -0.2) is 21.8 Å². The van der Waals surface area contributed by atoms with E-state index >= 15 is 0 Å². The number of fused-ring (bicyclic) bond motifs is 1. The molecule has 5 rings (SSSR count). The van der Waals surface area contributed by atoms with E-state index in [9.17, 15) is 9.59 Å². The molecule has 0 fully saturated rings. The molecule has 3 heterocycles. The molecule has 0 unspecified atom stereocenters. The smallest absolute Gasteiger partial charge is 0.293 e. The minimum atomic E-state index is -0.376. The lowest BCUT2D eigenvalue weighted by Gasteiger charge is -2.02. The van der Waals surface area contributed by atoms with E-state index < -0.39 is 0 Å². The molecule has 0 spiro atoms. The van der Waals surface area contributed by atoms with Crippen LogP contribution >= 0.6 is 22.7 Å². The van der Waals surface area contributed by atoms with E-state index in [0.29, 0.717) is 16.6 Å². The molecule has 0 aliphatic heterocycles. The number of nitrogens with zero attached hydrogens (tertiary/aromatic N) is 2. The first kappa shape index (κ1) is 20.1. The molecule has 2 amide bonds. The molecule has 32 heavy (non-hydrogen) atoms. The van der Waals surface area contributed by atoms with Gasteiger partial charge in [-0.3, -0.25) is 14.9 Å². The number of aromatic nitrogens is 2.